The first-order valence-electron chi connectivity index (χ1n) is 6.63. The van der Waals surface area contributed by atoms with Crippen LogP contribution in [0.3, 0.4) is 0 Å². The van der Waals surface area contributed by atoms with Crippen molar-refractivity contribution in [2.24, 2.45) is 0 Å². The van der Waals surface area contributed by atoms with Crippen molar-refractivity contribution in [3.8, 4) is 11.6 Å². The average Bonchev–Trinajstić information content (AvgIpc) is 3.17. The Bertz CT molecular complexity index is 786. The summed E-state index contributed by atoms with van der Waals surface area (Å²) in [6.45, 7) is 1.71. The van der Waals surface area contributed by atoms with Crippen LogP contribution in [0, 0.1) is 5.82 Å². The van der Waals surface area contributed by atoms with Gasteiger partial charge in [0.05, 0.1) is 11.5 Å². The lowest BCUT2D eigenvalue weighted by atomic mass is 10.1. The second-order valence-corrected chi connectivity index (χ2v) is 6.44. The van der Waals surface area contributed by atoms with E-state index in [9.17, 15) is 8.60 Å². The van der Waals surface area contributed by atoms with Crippen LogP contribution in [0.2, 0.25) is 0 Å². The molecule has 0 saturated carbocycles. The smallest absolute Gasteiger partial charge is 0.239 e. The van der Waals surface area contributed by atoms with E-state index < -0.39 is 16.0 Å². The number of benzene rings is 1. The maximum absolute atomic E-state index is 13.7. The maximum atomic E-state index is 13.7. The molecule has 0 fully saturated rings. The summed E-state index contributed by atoms with van der Waals surface area (Å²) in [5.41, 5.74) is 0.409. The Kier molecular flexibility index (Phi) is 4.15. The minimum absolute atomic E-state index is 0.0587. The Hall–Kier alpha value is -2.28. The zero-order valence-electron chi connectivity index (χ0n) is 11.7. The Labute approximate surface area is 128 Å². The molecular formula is C15H13FN2O3S. The maximum Gasteiger partial charge on any atom is 0.239 e. The van der Waals surface area contributed by atoms with E-state index in [1.165, 1.54) is 12.3 Å². The molecule has 5 nitrogen and oxygen atoms in total. The van der Waals surface area contributed by atoms with Gasteiger partial charge in [-0.1, -0.05) is 23.4 Å². The third-order valence-corrected chi connectivity index (χ3v) is 4.79. The molecule has 0 unspecified atom stereocenters. The van der Waals surface area contributed by atoms with Crippen LogP contribution in [-0.2, 0) is 16.6 Å². The van der Waals surface area contributed by atoms with Crippen LogP contribution in [-0.4, -0.2) is 14.3 Å². The molecule has 114 valence electrons. The molecule has 7 heteroatoms. The summed E-state index contributed by atoms with van der Waals surface area (Å²) in [5.74, 6) is 0.694. The van der Waals surface area contributed by atoms with Gasteiger partial charge in [0.15, 0.2) is 5.76 Å². The second-order valence-electron chi connectivity index (χ2n) is 4.68. The predicted octanol–water partition coefficient (Wildman–Crippen LogP) is 3.48. The summed E-state index contributed by atoms with van der Waals surface area (Å²) < 4.78 is 36.3. The molecule has 0 aliphatic carbocycles. The number of nitrogens with zero attached hydrogens (tertiary/aromatic N) is 2. The Morgan fingerprint density at radius 3 is 2.82 bits per heavy atom. The van der Waals surface area contributed by atoms with E-state index in [-0.39, 0.29) is 17.5 Å². The summed E-state index contributed by atoms with van der Waals surface area (Å²) in [6, 6.07) is 9.71. The highest BCUT2D eigenvalue weighted by Crippen LogP contribution is 2.24. The van der Waals surface area contributed by atoms with Crippen molar-refractivity contribution in [3.05, 3.63) is 59.9 Å². The van der Waals surface area contributed by atoms with Crippen molar-refractivity contribution in [1.82, 2.24) is 10.1 Å². The Morgan fingerprint density at radius 2 is 2.09 bits per heavy atom. The van der Waals surface area contributed by atoms with Gasteiger partial charge in [-0.25, -0.2) is 4.39 Å². The van der Waals surface area contributed by atoms with E-state index in [1.807, 2.05) is 0 Å². The molecule has 2 aromatic heterocycles. The molecule has 22 heavy (non-hydrogen) atoms. The van der Waals surface area contributed by atoms with Gasteiger partial charge < -0.3 is 8.94 Å². The third-order valence-electron chi connectivity index (χ3n) is 3.21. The van der Waals surface area contributed by atoms with E-state index in [0.717, 1.165) is 0 Å². The van der Waals surface area contributed by atoms with Gasteiger partial charge in [0.2, 0.25) is 11.7 Å². The zero-order valence-corrected chi connectivity index (χ0v) is 12.5. The number of hydrogen-bond acceptors (Lipinski definition) is 5. The van der Waals surface area contributed by atoms with E-state index in [1.54, 1.807) is 37.3 Å². The summed E-state index contributed by atoms with van der Waals surface area (Å²) >= 11 is 0. The van der Waals surface area contributed by atoms with Crippen LogP contribution in [0.1, 0.15) is 23.6 Å². The molecule has 3 aromatic rings. The second kappa shape index (κ2) is 6.23. The minimum atomic E-state index is -1.38. The van der Waals surface area contributed by atoms with Gasteiger partial charge >= 0.3 is 0 Å². The van der Waals surface area contributed by atoms with Gasteiger partial charge in [-0.3, -0.25) is 4.21 Å². The molecular weight excluding hydrogens is 307 g/mol. The fourth-order valence-electron chi connectivity index (χ4n) is 2.01. The molecule has 0 aliphatic rings. The number of rotatable bonds is 5. The summed E-state index contributed by atoms with van der Waals surface area (Å²) in [7, 11) is -1.38. The number of aromatic nitrogens is 2. The fraction of sp³-hybridized carbons (Fsp3) is 0.200. The number of furan rings is 1. The summed E-state index contributed by atoms with van der Waals surface area (Å²) in [6.07, 6.45) is 1.50. The summed E-state index contributed by atoms with van der Waals surface area (Å²) in [5, 5.41) is 3.30. The molecule has 0 radical (unpaired) electrons. The van der Waals surface area contributed by atoms with Crippen molar-refractivity contribution >= 4 is 10.8 Å². The van der Waals surface area contributed by atoms with Gasteiger partial charge in [-0.2, -0.15) is 4.98 Å². The minimum Gasteiger partial charge on any atom is -0.461 e. The lowest BCUT2D eigenvalue weighted by Gasteiger charge is -2.11. The van der Waals surface area contributed by atoms with Crippen molar-refractivity contribution in [1.29, 1.82) is 0 Å². The molecule has 0 amide bonds. The highest BCUT2D eigenvalue weighted by Gasteiger charge is 2.20. The van der Waals surface area contributed by atoms with Gasteiger partial charge in [0, 0.05) is 16.4 Å². The lowest BCUT2D eigenvalue weighted by molar-refractivity contribution is 0.389. The number of hydrogen-bond donors (Lipinski definition) is 0. The SMILES string of the molecule is C[C@H](c1ccccc1F)[S@@](=O)Cc1nc(-c2ccco2)no1. The molecule has 0 spiro atoms. The van der Waals surface area contributed by atoms with Gasteiger partial charge in [0.25, 0.3) is 0 Å². The van der Waals surface area contributed by atoms with Crippen molar-refractivity contribution in [3.63, 3.8) is 0 Å². The van der Waals surface area contributed by atoms with Crippen molar-refractivity contribution in [2.45, 2.75) is 17.9 Å². The van der Waals surface area contributed by atoms with Crippen LogP contribution in [0.15, 0.2) is 51.6 Å². The lowest BCUT2D eigenvalue weighted by Crippen LogP contribution is -2.07. The van der Waals surface area contributed by atoms with Gasteiger partial charge in [-0.15, -0.1) is 0 Å². The fourth-order valence-corrected chi connectivity index (χ4v) is 3.10. The predicted molar refractivity (Wildman–Crippen MR) is 78.7 cm³/mol. The zero-order chi connectivity index (χ0) is 15.5. The first kappa shape index (κ1) is 14.6. The van der Waals surface area contributed by atoms with E-state index in [2.05, 4.69) is 10.1 Å². The van der Waals surface area contributed by atoms with Crippen LogP contribution in [0.25, 0.3) is 11.6 Å². The topological polar surface area (TPSA) is 69.1 Å². The van der Waals surface area contributed by atoms with Crippen LogP contribution >= 0.6 is 0 Å². The van der Waals surface area contributed by atoms with Crippen LogP contribution in [0.5, 0.6) is 0 Å². The van der Waals surface area contributed by atoms with Gasteiger partial charge in [-0.05, 0) is 25.1 Å². The van der Waals surface area contributed by atoms with E-state index in [4.69, 9.17) is 8.94 Å². The highest BCUT2D eigenvalue weighted by atomic mass is 32.2. The first-order chi connectivity index (χ1) is 10.6. The number of halogens is 1. The van der Waals surface area contributed by atoms with E-state index >= 15 is 0 Å². The molecule has 1 aromatic carbocycles. The highest BCUT2D eigenvalue weighted by molar-refractivity contribution is 7.84. The molecule has 3 rings (SSSR count). The Morgan fingerprint density at radius 1 is 1.27 bits per heavy atom. The summed E-state index contributed by atoms with van der Waals surface area (Å²) in [4.78, 5) is 4.13. The van der Waals surface area contributed by atoms with Crippen molar-refractivity contribution < 1.29 is 17.5 Å². The van der Waals surface area contributed by atoms with Crippen LogP contribution in [0.4, 0.5) is 4.39 Å². The largest absolute Gasteiger partial charge is 0.461 e. The molecule has 0 N–H and O–H groups in total. The quantitative estimate of drug-likeness (QED) is 0.720. The van der Waals surface area contributed by atoms with Gasteiger partial charge in [0.1, 0.15) is 11.6 Å². The standard InChI is InChI=1S/C15H13FN2O3S/c1-10(11-5-2-3-6-12(11)16)22(19)9-14-17-15(18-21-14)13-7-4-8-20-13/h2-8,10H,9H2,1H3/t10-,22+/m1/s1. The average molecular weight is 320 g/mol. The third kappa shape index (κ3) is 2.99. The van der Waals surface area contributed by atoms with E-state index in [0.29, 0.717) is 17.1 Å². The Balaban J connectivity index is 1.73. The monoisotopic (exact) mass is 320 g/mol. The molecule has 2 heterocycles. The molecule has 2 atom stereocenters. The normalized spacial score (nSPS) is 13.9. The molecule has 0 aliphatic heterocycles. The van der Waals surface area contributed by atoms with Crippen LogP contribution < -0.4 is 0 Å². The van der Waals surface area contributed by atoms with Crippen molar-refractivity contribution in [2.75, 3.05) is 0 Å². The molecule has 0 bridgehead atoms. The molecule has 0 saturated heterocycles. The first-order valence-corrected chi connectivity index (χ1v) is 8.01.